The van der Waals surface area contributed by atoms with Crippen LogP contribution in [0.4, 0.5) is 5.82 Å². The van der Waals surface area contributed by atoms with Crippen LogP contribution in [0, 0.1) is 5.41 Å². The van der Waals surface area contributed by atoms with Crippen molar-refractivity contribution in [2.75, 3.05) is 19.0 Å². The van der Waals surface area contributed by atoms with Crippen LogP contribution >= 0.6 is 0 Å². The molecule has 76 valence electrons. The molecule has 5 heteroatoms. The Morgan fingerprint density at radius 3 is 2.64 bits per heavy atom. The second kappa shape index (κ2) is 4.04. The molecule has 14 heavy (non-hydrogen) atoms. The van der Waals surface area contributed by atoms with Crippen molar-refractivity contribution >= 4 is 11.7 Å². The minimum absolute atomic E-state index is 0.00338. The predicted molar refractivity (Wildman–Crippen MR) is 56.8 cm³/mol. The minimum atomic E-state index is -0.00338. The van der Waals surface area contributed by atoms with E-state index in [1.54, 1.807) is 6.20 Å². The Labute approximate surface area is 83.5 Å². The fourth-order valence-electron chi connectivity index (χ4n) is 1.11. The summed E-state index contributed by atoms with van der Waals surface area (Å²) in [6, 6.07) is 0. The molecule has 3 N–H and O–H groups in total. The quantitative estimate of drug-likeness (QED) is 0.537. The first kappa shape index (κ1) is 10.4. The Morgan fingerprint density at radius 2 is 2.21 bits per heavy atom. The number of nitrogen functional groups attached to an aromatic ring is 1. The lowest BCUT2D eigenvalue weighted by Crippen LogP contribution is -2.21. The van der Waals surface area contributed by atoms with E-state index in [1.807, 2.05) is 25.9 Å². The zero-order valence-electron chi connectivity index (χ0n) is 8.70. The maximum absolute atomic E-state index is 7.37. The van der Waals surface area contributed by atoms with Crippen LogP contribution in [-0.2, 0) is 6.42 Å². The summed E-state index contributed by atoms with van der Waals surface area (Å²) in [6.07, 6.45) is 2.38. The molecule has 0 radical (unpaired) electrons. The monoisotopic (exact) mass is 193 g/mol. The van der Waals surface area contributed by atoms with Gasteiger partial charge in [0.05, 0.1) is 5.56 Å². The van der Waals surface area contributed by atoms with Gasteiger partial charge in [-0.05, 0) is 0 Å². The molecule has 1 aromatic rings. The molecule has 0 saturated heterocycles. The SMILES string of the molecule is CCc1ncc(C(=N)N)c(N(C)C)n1. The topological polar surface area (TPSA) is 78.9 Å². The predicted octanol–water partition coefficient (Wildman–Crippen LogP) is 0.389. The number of hydrogen-bond donors (Lipinski definition) is 2. The molecular formula is C9H15N5. The average Bonchev–Trinajstić information content (AvgIpc) is 2.16. The summed E-state index contributed by atoms with van der Waals surface area (Å²) in [5.74, 6) is 1.46. The Bertz CT molecular complexity index is 345. The molecule has 0 aliphatic carbocycles. The number of hydrogen-bond acceptors (Lipinski definition) is 4. The van der Waals surface area contributed by atoms with Crippen LogP contribution in [0.3, 0.4) is 0 Å². The van der Waals surface area contributed by atoms with Crippen LogP contribution in [0.25, 0.3) is 0 Å². The van der Waals surface area contributed by atoms with E-state index in [1.165, 1.54) is 0 Å². The van der Waals surface area contributed by atoms with E-state index in [9.17, 15) is 0 Å². The number of aryl methyl sites for hydroxylation is 1. The average molecular weight is 193 g/mol. The van der Waals surface area contributed by atoms with Crippen molar-refractivity contribution in [3.05, 3.63) is 17.6 Å². The first-order valence-electron chi connectivity index (χ1n) is 4.44. The molecule has 0 spiro atoms. The minimum Gasteiger partial charge on any atom is -0.384 e. The van der Waals surface area contributed by atoms with Crippen LogP contribution in [0.2, 0.25) is 0 Å². The van der Waals surface area contributed by atoms with Gasteiger partial charge in [0.15, 0.2) is 0 Å². The van der Waals surface area contributed by atoms with Crippen molar-refractivity contribution in [3.63, 3.8) is 0 Å². The maximum Gasteiger partial charge on any atom is 0.142 e. The van der Waals surface area contributed by atoms with Gasteiger partial charge in [0.1, 0.15) is 17.5 Å². The van der Waals surface area contributed by atoms with E-state index < -0.39 is 0 Å². The number of nitrogens with two attached hydrogens (primary N) is 1. The van der Waals surface area contributed by atoms with Gasteiger partial charge in [0.2, 0.25) is 0 Å². The Kier molecular flexibility index (Phi) is 3.01. The van der Waals surface area contributed by atoms with Crippen molar-refractivity contribution < 1.29 is 0 Å². The fourth-order valence-corrected chi connectivity index (χ4v) is 1.11. The van der Waals surface area contributed by atoms with Crippen molar-refractivity contribution in [2.45, 2.75) is 13.3 Å². The lowest BCUT2D eigenvalue weighted by molar-refractivity contribution is 0.912. The second-order valence-corrected chi connectivity index (χ2v) is 3.19. The molecule has 0 atom stereocenters. The van der Waals surface area contributed by atoms with Crippen molar-refractivity contribution in [1.82, 2.24) is 9.97 Å². The zero-order chi connectivity index (χ0) is 10.7. The van der Waals surface area contributed by atoms with Gasteiger partial charge in [-0.15, -0.1) is 0 Å². The summed E-state index contributed by atoms with van der Waals surface area (Å²) >= 11 is 0. The van der Waals surface area contributed by atoms with Crippen LogP contribution < -0.4 is 10.6 Å². The van der Waals surface area contributed by atoms with E-state index in [4.69, 9.17) is 11.1 Å². The van der Waals surface area contributed by atoms with E-state index in [2.05, 4.69) is 9.97 Å². The standard InChI is InChI=1S/C9H15N5/c1-4-7-12-5-6(8(10)11)9(13-7)14(2)3/h5H,4H2,1-3H3,(H3,10,11). The first-order valence-corrected chi connectivity index (χ1v) is 4.44. The van der Waals surface area contributed by atoms with E-state index in [0.717, 1.165) is 12.2 Å². The summed E-state index contributed by atoms with van der Waals surface area (Å²) in [4.78, 5) is 10.2. The van der Waals surface area contributed by atoms with E-state index in [0.29, 0.717) is 11.4 Å². The highest BCUT2D eigenvalue weighted by Crippen LogP contribution is 2.13. The Morgan fingerprint density at radius 1 is 1.57 bits per heavy atom. The Balaban J connectivity index is 3.24. The summed E-state index contributed by atoms with van der Waals surface area (Å²) < 4.78 is 0. The maximum atomic E-state index is 7.37. The van der Waals surface area contributed by atoms with Gasteiger partial charge in [-0.2, -0.15) is 0 Å². The van der Waals surface area contributed by atoms with Gasteiger partial charge >= 0.3 is 0 Å². The Hall–Kier alpha value is -1.65. The van der Waals surface area contributed by atoms with Gasteiger partial charge in [-0.25, -0.2) is 9.97 Å². The van der Waals surface area contributed by atoms with Crippen molar-refractivity contribution in [2.24, 2.45) is 5.73 Å². The van der Waals surface area contributed by atoms with Gasteiger partial charge in [-0.1, -0.05) is 6.92 Å². The second-order valence-electron chi connectivity index (χ2n) is 3.19. The highest BCUT2D eigenvalue weighted by molar-refractivity contribution is 5.99. The number of anilines is 1. The third-order valence-electron chi connectivity index (χ3n) is 1.85. The molecule has 0 bridgehead atoms. The lowest BCUT2D eigenvalue weighted by atomic mass is 10.2. The summed E-state index contributed by atoms with van der Waals surface area (Å²) in [6.45, 7) is 1.99. The number of amidine groups is 1. The summed E-state index contributed by atoms with van der Waals surface area (Å²) in [5, 5.41) is 7.37. The molecule has 1 rings (SSSR count). The number of nitrogens with one attached hydrogen (secondary N) is 1. The van der Waals surface area contributed by atoms with Crippen molar-refractivity contribution in [1.29, 1.82) is 5.41 Å². The normalized spacial score (nSPS) is 9.93. The highest BCUT2D eigenvalue weighted by atomic mass is 15.2. The molecule has 1 heterocycles. The van der Waals surface area contributed by atoms with Crippen LogP contribution in [0.1, 0.15) is 18.3 Å². The van der Waals surface area contributed by atoms with Crippen LogP contribution in [-0.4, -0.2) is 29.9 Å². The van der Waals surface area contributed by atoms with E-state index >= 15 is 0 Å². The molecular weight excluding hydrogens is 178 g/mol. The summed E-state index contributed by atoms with van der Waals surface area (Å²) in [5.41, 5.74) is 6.00. The smallest absolute Gasteiger partial charge is 0.142 e. The molecule has 0 saturated carbocycles. The summed E-state index contributed by atoms with van der Waals surface area (Å²) in [7, 11) is 3.74. The third-order valence-corrected chi connectivity index (χ3v) is 1.85. The number of aromatic nitrogens is 2. The van der Waals surface area contributed by atoms with Gasteiger partial charge in [-0.3, -0.25) is 5.41 Å². The molecule has 0 aliphatic rings. The number of nitrogens with zero attached hydrogens (tertiary/aromatic N) is 3. The van der Waals surface area contributed by atoms with Gasteiger partial charge < -0.3 is 10.6 Å². The fraction of sp³-hybridized carbons (Fsp3) is 0.444. The van der Waals surface area contributed by atoms with Crippen LogP contribution in [0.15, 0.2) is 6.20 Å². The molecule has 0 aromatic carbocycles. The molecule has 0 unspecified atom stereocenters. The lowest BCUT2D eigenvalue weighted by Gasteiger charge is -2.15. The zero-order valence-corrected chi connectivity index (χ0v) is 8.70. The third kappa shape index (κ3) is 1.99. The van der Waals surface area contributed by atoms with Crippen LogP contribution in [0.5, 0.6) is 0 Å². The molecule has 0 amide bonds. The molecule has 5 nitrogen and oxygen atoms in total. The van der Waals surface area contributed by atoms with Crippen molar-refractivity contribution in [3.8, 4) is 0 Å². The molecule has 1 aromatic heterocycles. The highest BCUT2D eigenvalue weighted by Gasteiger charge is 2.10. The number of rotatable bonds is 3. The van der Waals surface area contributed by atoms with Gasteiger partial charge in [0, 0.05) is 26.7 Å². The molecule has 0 fully saturated rings. The van der Waals surface area contributed by atoms with Gasteiger partial charge in [0.25, 0.3) is 0 Å². The van der Waals surface area contributed by atoms with E-state index in [-0.39, 0.29) is 5.84 Å². The largest absolute Gasteiger partial charge is 0.384 e. The molecule has 0 aliphatic heterocycles. The first-order chi connectivity index (χ1) is 6.56.